The van der Waals surface area contributed by atoms with Crippen LogP contribution in [0.5, 0.6) is 0 Å². The fourth-order valence-electron chi connectivity index (χ4n) is 1.92. The largest absolute Gasteiger partial charge is 0.280 e. The Bertz CT molecular complexity index is 921. The van der Waals surface area contributed by atoms with E-state index in [1.54, 1.807) is 24.3 Å². The van der Waals surface area contributed by atoms with Gasteiger partial charge in [0.2, 0.25) is 0 Å². The predicted octanol–water partition coefficient (Wildman–Crippen LogP) is 2.94. The Hall–Kier alpha value is -1.68. The number of aromatic nitrogens is 2. The minimum Gasteiger partial charge on any atom is -0.280 e. The molecule has 1 N–H and O–H groups in total. The summed E-state index contributed by atoms with van der Waals surface area (Å²) in [6.45, 7) is 1.92. The summed E-state index contributed by atoms with van der Waals surface area (Å²) in [5, 5.41) is 7.30. The third-order valence-corrected chi connectivity index (χ3v) is 5.57. The van der Waals surface area contributed by atoms with Crippen LogP contribution in [0.2, 0.25) is 0 Å². The average Bonchev–Trinajstić information content (AvgIpc) is 2.90. The topological polar surface area (TPSA) is 85.1 Å². The second-order valence-electron chi connectivity index (χ2n) is 4.46. The number of aryl methyl sites for hydroxylation is 1. The highest BCUT2D eigenvalue weighted by atomic mass is 127. The monoisotopic (exact) mass is 415 g/mol. The maximum absolute atomic E-state index is 12.5. The number of sulfonamides is 1. The first-order valence-electron chi connectivity index (χ1n) is 5.97. The highest BCUT2D eigenvalue weighted by molar-refractivity contribution is 14.1. The van der Waals surface area contributed by atoms with Crippen molar-refractivity contribution in [2.24, 2.45) is 0 Å². The molecule has 6 nitrogen and oxygen atoms in total. The zero-order valence-electron chi connectivity index (χ0n) is 10.9. The van der Waals surface area contributed by atoms with Gasteiger partial charge in [0, 0.05) is 9.26 Å². The molecule has 8 heteroatoms. The number of nitrogens with one attached hydrogen (secondary N) is 1. The molecule has 0 aliphatic carbocycles. The first-order chi connectivity index (χ1) is 9.97. The van der Waals surface area contributed by atoms with Crippen LogP contribution in [0.1, 0.15) is 5.56 Å². The van der Waals surface area contributed by atoms with E-state index >= 15 is 0 Å². The molecule has 0 atom stereocenters. The Morgan fingerprint density at radius 2 is 2.00 bits per heavy atom. The standard InChI is InChI=1S/C13H10IN3O3S/c1-8-7-9(5-6-10(8)14)17-21(18,19)12-4-2-3-11-13(12)16-20-15-11/h2-7,17H,1H3. The summed E-state index contributed by atoms with van der Waals surface area (Å²) in [6, 6.07) is 10.1. The van der Waals surface area contributed by atoms with Crippen LogP contribution in [-0.4, -0.2) is 18.7 Å². The molecule has 0 unspecified atom stereocenters. The van der Waals surface area contributed by atoms with E-state index in [9.17, 15) is 8.42 Å². The highest BCUT2D eigenvalue weighted by Gasteiger charge is 2.20. The van der Waals surface area contributed by atoms with E-state index in [1.807, 2.05) is 13.0 Å². The summed E-state index contributed by atoms with van der Waals surface area (Å²) in [6.07, 6.45) is 0. The molecule has 0 aliphatic heterocycles. The van der Waals surface area contributed by atoms with E-state index in [4.69, 9.17) is 0 Å². The van der Waals surface area contributed by atoms with Gasteiger partial charge in [-0.3, -0.25) is 4.72 Å². The van der Waals surface area contributed by atoms with E-state index in [0.29, 0.717) is 11.2 Å². The van der Waals surface area contributed by atoms with Crippen molar-refractivity contribution < 1.29 is 13.0 Å². The van der Waals surface area contributed by atoms with Gasteiger partial charge in [-0.1, -0.05) is 6.07 Å². The Labute approximate surface area is 134 Å². The van der Waals surface area contributed by atoms with Gasteiger partial charge in [0.1, 0.15) is 10.4 Å². The number of rotatable bonds is 3. The lowest BCUT2D eigenvalue weighted by atomic mass is 10.2. The van der Waals surface area contributed by atoms with Crippen LogP contribution in [0.15, 0.2) is 45.9 Å². The minimum absolute atomic E-state index is 0.0393. The van der Waals surface area contributed by atoms with Crippen molar-refractivity contribution in [2.75, 3.05) is 4.72 Å². The molecular weight excluding hydrogens is 405 g/mol. The summed E-state index contributed by atoms with van der Waals surface area (Å²) < 4.78 is 33.2. The second kappa shape index (κ2) is 5.26. The molecule has 0 saturated carbocycles. The summed E-state index contributed by atoms with van der Waals surface area (Å²) >= 11 is 2.19. The van der Waals surface area contributed by atoms with Crippen LogP contribution < -0.4 is 4.72 Å². The molecule has 0 fully saturated rings. The van der Waals surface area contributed by atoms with Crippen molar-refractivity contribution in [3.05, 3.63) is 45.5 Å². The first-order valence-corrected chi connectivity index (χ1v) is 8.54. The van der Waals surface area contributed by atoms with Crippen LogP contribution in [0.25, 0.3) is 11.0 Å². The lowest BCUT2D eigenvalue weighted by Gasteiger charge is -2.09. The van der Waals surface area contributed by atoms with Crippen LogP contribution in [-0.2, 0) is 10.0 Å². The molecule has 0 spiro atoms. The maximum Gasteiger partial charge on any atom is 0.264 e. The van der Waals surface area contributed by atoms with Crippen molar-refractivity contribution in [3.63, 3.8) is 0 Å². The van der Waals surface area contributed by atoms with Crippen LogP contribution in [0, 0.1) is 10.5 Å². The van der Waals surface area contributed by atoms with Gasteiger partial charge in [0.15, 0.2) is 5.52 Å². The predicted molar refractivity (Wildman–Crippen MR) is 86.5 cm³/mol. The summed E-state index contributed by atoms with van der Waals surface area (Å²) in [7, 11) is -3.75. The second-order valence-corrected chi connectivity index (χ2v) is 7.27. The maximum atomic E-state index is 12.5. The number of fused-ring (bicyclic) bond motifs is 1. The van der Waals surface area contributed by atoms with Gasteiger partial charge in [0.05, 0.1) is 0 Å². The van der Waals surface area contributed by atoms with Crippen molar-refractivity contribution in [3.8, 4) is 0 Å². The van der Waals surface area contributed by atoms with Gasteiger partial charge < -0.3 is 0 Å². The molecule has 2 aromatic carbocycles. The minimum atomic E-state index is -3.75. The molecule has 0 saturated heterocycles. The van der Waals surface area contributed by atoms with E-state index in [2.05, 4.69) is 42.3 Å². The molecule has 1 heterocycles. The Kier molecular flexibility index (Phi) is 3.57. The van der Waals surface area contributed by atoms with Crippen molar-refractivity contribution >= 4 is 49.3 Å². The van der Waals surface area contributed by atoms with Gasteiger partial charge in [-0.15, -0.1) is 0 Å². The number of nitrogens with zero attached hydrogens (tertiary/aromatic N) is 2. The number of anilines is 1. The number of hydrogen-bond acceptors (Lipinski definition) is 5. The van der Waals surface area contributed by atoms with Crippen molar-refractivity contribution in [1.29, 1.82) is 0 Å². The van der Waals surface area contributed by atoms with Crippen LogP contribution >= 0.6 is 22.6 Å². The van der Waals surface area contributed by atoms with Gasteiger partial charge in [-0.2, -0.15) is 0 Å². The van der Waals surface area contributed by atoms with Gasteiger partial charge >= 0.3 is 0 Å². The first kappa shape index (κ1) is 14.3. The molecule has 0 radical (unpaired) electrons. The third kappa shape index (κ3) is 2.72. The summed E-state index contributed by atoms with van der Waals surface area (Å²) in [5.74, 6) is 0. The molecule has 1 aromatic heterocycles. The van der Waals surface area contributed by atoms with E-state index in [0.717, 1.165) is 9.13 Å². The van der Waals surface area contributed by atoms with E-state index in [1.165, 1.54) is 6.07 Å². The molecule has 0 bridgehead atoms. The molecule has 0 aliphatic rings. The lowest BCUT2D eigenvalue weighted by molar-refractivity contribution is 0.315. The fraction of sp³-hybridized carbons (Fsp3) is 0.0769. The molecule has 108 valence electrons. The fourth-order valence-corrected chi connectivity index (χ4v) is 3.45. The van der Waals surface area contributed by atoms with Crippen molar-refractivity contribution in [2.45, 2.75) is 11.8 Å². The van der Waals surface area contributed by atoms with Gasteiger partial charge in [0.25, 0.3) is 10.0 Å². The van der Waals surface area contributed by atoms with Crippen LogP contribution in [0.3, 0.4) is 0 Å². The van der Waals surface area contributed by atoms with Gasteiger partial charge in [-0.25, -0.2) is 13.0 Å². The van der Waals surface area contributed by atoms with Crippen molar-refractivity contribution in [1.82, 2.24) is 10.3 Å². The number of hydrogen-bond donors (Lipinski definition) is 1. The molecular formula is C13H10IN3O3S. The average molecular weight is 415 g/mol. The lowest BCUT2D eigenvalue weighted by Crippen LogP contribution is -2.13. The zero-order valence-corrected chi connectivity index (χ0v) is 13.8. The van der Waals surface area contributed by atoms with Crippen LogP contribution in [0.4, 0.5) is 5.69 Å². The Balaban J connectivity index is 2.04. The SMILES string of the molecule is Cc1cc(NS(=O)(=O)c2cccc3nonc23)ccc1I. The quantitative estimate of drug-likeness (QED) is 0.665. The smallest absolute Gasteiger partial charge is 0.264 e. The zero-order chi connectivity index (χ0) is 15.0. The van der Waals surface area contributed by atoms with E-state index < -0.39 is 10.0 Å². The Morgan fingerprint density at radius 1 is 1.19 bits per heavy atom. The highest BCUT2D eigenvalue weighted by Crippen LogP contribution is 2.24. The molecule has 3 rings (SSSR count). The van der Waals surface area contributed by atoms with E-state index in [-0.39, 0.29) is 10.4 Å². The number of halogens is 1. The summed E-state index contributed by atoms with van der Waals surface area (Å²) in [4.78, 5) is 0.0393. The third-order valence-electron chi connectivity index (χ3n) is 2.95. The summed E-state index contributed by atoms with van der Waals surface area (Å²) in [5.41, 5.74) is 2.11. The molecule has 0 amide bonds. The molecule has 21 heavy (non-hydrogen) atoms. The normalized spacial score (nSPS) is 11.7. The number of benzene rings is 2. The molecule has 3 aromatic rings. The van der Waals surface area contributed by atoms with Gasteiger partial charge in [-0.05, 0) is 75.7 Å². The Morgan fingerprint density at radius 3 is 2.76 bits per heavy atom.